The number of benzene rings is 1. The van der Waals surface area contributed by atoms with Crippen molar-refractivity contribution in [1.29, 1.82) is 0 Å². The number of alkyl halides is 4. The minimum absolute atomic E-state index is 0.0674. The van der Waals surface area contributed by atoms with Crippen molar-refractivity contribution < 1.29 is 31.9 Å². The van der Waals surface area contributed by atoms with Gasteiger partial charge in [-0.2, -0.15) is 17.6 Å². The van der Waals surface area contributed by atoms with E-state index in [2.05, 4.69) is 4.74 Å². The Morgan fingerprint density at radius 1 is 1.29 bits per heavy atom. The summed E-state index contributed by atoms with van der Waals surface area (Å²) >= 11 is 0.645. The quantitative estimate of drug-likeness (QED) is 0.683. The lowest BCUT2D eigenvalue weighted by Crippen LogP contribution is -2.33. The Morgan fingerprint density at radius 3 is 2.57 bits per heavy atom. The summed E-state index contributed by atoms with van der Waals surface area (Å²) in [6.07, 6.45) is -7.31. The van der Waals surface area contributed by atoms with E-state index in [0.29, 0.717) is 11.8 Å². The summed E-state index contributed by atoms with van der Waals surface area (Å²) < 4.78 is 53.6. The number of hydrogen-bond acceptors (Lipinski definition) is 4. The van der Waals surface area contributed by atoms with Crippen molar-refractivity contribution in [3.63, 3.8) is 0 Å². The Bertz CT molecular complexity index is 618. The van der Waals surface area contributed by atoms with Gasteiger partial charge in [-0.1, -0.05) is 12.1 Å². The van der Waals surface area contributed by atoms with Gasteiger partial charge in [0, 0.05) is 0 Å². The van der Waals surface area contributed by atoms with Crippen molar-refractivity contribution in [2.45, 2.75) is 12.5 Å². The number of ether oxygens (including phenoxy) is 1. The number of hydrogen-bond donors (Lipinski definition) is 1. The van der Waals surface area contributed by atoms with Crippen LogP contribution in [0.5, 0.6) is 5.75 Å². The standard InChI is InChI=1S/C12H7F4NO3S/c13-10(14)12(15,16)20-7-3-1-2-6(4-7)5-8-9(18)17-11(19)21-8/h1-5,10H,(H,17,18,19)/b8-5-. The molecule has 4 nitrogen and oxygen atoms in total. The van der Waals surface area contributed by atoms with Gasteiger partial charge >= 0.3 is 12.5 Å². The van der Waals surface area contributed by atoms with Crippen molar-refractivity contribution in [2.75, 3.05) is 0 Å². The Morgan fingerprint density at radius 2 is 2.00 bits per heavy atom. The van der Waals surface area contributed by atoms with Crippen LogP contribution in [0.3, 0.4) is 0 Å². The molecule has 0 aromatic heterocycles. The third-order valence-corrected chi connectivity index (χ3v) is 3.12. The first-order valence-electron chi connectivity index (χ1n) is 5.48. The molecule has 1 aliphatic rings. The van der Waals surface area contributed by atoms with E-state index in [1.54, 1.807) is 0 Å². The molecular weight excluding hydrogens is 314 g/mol. The van der Waals surface area contributed by atoms with Crippen molar-refractivity contribution in [3.05, 3.63) is 34.7 Å². The molecule has 112 valence electrons. The molecule has 2 rings (SSSR count). The van der Waals surface area contributed by atoms with E-state index in [4.69, 9.17) is 0 Å². The summed E-state index contributed by atoms with van der Waals surface area (Å²) in [6.45, 7) is 0. The number of nitrogens with one attached hydrogen (secondary N) is 1. The van der Waals surface area contributed by atoms with Gasteiger partial charge < -0.3 is 4.74 Å². The van der Waals surface area contributed by atoms with Gasteiger partial charge in [0.2, 0.25) is 0 Å². The lowest BCUT2D eigenvalue weighted by atomic mass is 10.2. The zero-order chi connectivity index (χ0) is 15.6. The molecule has 21 heavy (non-hydrogen) atoms. The zero-order valence-electron chi connectivity index (χ0n) is 10.1. The molecule has 9 heteroatoms. The molecular formula is C12H7F4NO3S. The van der Waals surface area contributed by atoms with Crippen LogP contribution in [0.2, 0.25) is 0 Å². The molecule has 0 unspecified atom stereocenters. The van der Waals surface area contributed by atoms with Crippen molar-refractivity contribution >= 4 is 29.0 Å². The fraction of sp³-hybridized carbons (Fsp3) is 0.167. The fourth-order valence-corrected chi connectivity index (χ4v) is 2.12. The summed E-state index contributed by atoms with van der Waals surface area (Å²) in [5.74, 6) is -1.10. The minimum atomic E-state index is -4.61. The van der Waals surface area contributed by atoms with Gasteiger partial charge in [-0.15, -0.1) is 0 Å². The van der Waals surface area contributed by atoms with Crippen LogP contribution >= 0.6 is 11.8 Å². The van der Waals surface area contributed by atoms with Crippen molar-refractivity contribution in [2.24, 2.45) is 0 Å². The lowest BCUT2D eigenvalue weighted by molar-refractivity contribution is -0.253. The maximum absolute atomic E-state index is 12.8. The second-order valence-corrected chi connectivity index (χ2v) is 4.90. The van der Waals surface area contributed by atoms with Gasteiger partial charge in [0.25, 0.3) is 11.1 Å². The highest BCUT2D eigenvalue weighted by atomic mass is 32.2. The number of imide groups is 1. The first-order valence-corrected chi connectivity index (χ1v) is 6.29. The molecule has 1 heterocycles. The van der Waals surface area contributed by atoms with Gasteiger partial charge in [-0.25, -0.2) is 0 Å². The lowest BCUT2D eigenvalue weighted by Gasteiger charge is -2.16. The number of carbonyl (C=O) groups excluding carboxylic acids is 2. The molecule has 1 aromatic rings. The number of halogens is 4. The number of carbonyl (C=O) groups is 2. The Kier molecular flexibility index (Phi) is 4.21. The van der Waals surface area contributed by atoms with E-state index in [9.17, 15) is 27.2 Å². The van der Waals surface area contributed by atoms with Crippen LogP contribution in [-0.4, -0.2) is 23.7 Å². The molecule has 0 radical (unpaired) electrons. The predicted octanol–water partition coefficient (Wildman–Crippen LogP) is 3.25. The average Bonchev–Trinajstić information content (AvgIpc) is 2.67. The van der Waals surface area contributed by atoms with E-state index in [1.165, 1.54) is 18.2 Å². The molecule has 1 aromatic carbocycles. The van der Waals surface area contributed by atoms with Crippen LogP contribution in [0.1, 0.15) is 5.56 Å². The zero-order valence-corrected chi connectivity index (χ0v) is 10.9. The highest BCUT2D eigenvalue weighted by Crippen LogP contribution is 2.30. The third kappa shape index (κ3) is 3.75. The molecule has 2 amide bonds. The second-order valence-electron chi connectivity index (χ2n) is 3.89. The van der Waals surface area contributed by atoms with Gasteiger partial charge in [0.05, 0.1) is 4.91 Å². The van der Waals surface area contributed by atoms with Gasteiger partial charge in [0.1, 0.15) is 5.75 Å². The molecule has 0 saturated carbocycles. The molecule has 1 fully saturated rings. The summed E-state index contributed by atoms with van der Waals surface area (Å²) in [5.41, 5.74) is 0.255. The molecule has 1 aliphatic heterocycles. The largest absolute Gasteiger partial charge is 0.461 e. The van der Waals surface area contributed by atoms with Crippen LogP contribution in [0.25, 0.3) is 6.08 Å². The van der Waals surface area contributed by atoms with E-state index >= 15 is 0 Å². The summed E-state index contributed by atoms with van der Waals surface area (Å²) in [7, 11) is 0. The van der Waals surface area contributed by atoms with Crippen LogP contribution in [0.15, 0.2) is 29.2 Å². The first-order chi connectivity index (χ1) is 9.78. The summed E-state index contributed by atoms with van der Waals surface area (Å²) in [4.78, 5) is 22.4. The molecule has 0 aliphatic carbocycles. The van der Waals surface area contributed by atoms with E-state index in [-0.39, 0.29) is 10.5 Å². The topological polar surface area (TPSA) is 55.4 Å². The average molecular weight is 321 g/mol. The van der Waals surface area contributed by atoms with Crippen molar-refractivity contribution in [3.8, 4) is 5.75 Å². The van der Waals surface area contributed by atoms with Gasteiger partial charge in [-0.05, 0) is 35.5 Å². The maximum atomic E-state index is 12.8. The maximum Gasteiger partial charge on any atom is 0.461 e. The minimum Gasteiger partial charge on any atom is -0.428 e. The molecule has 0 bridgehead atoms. The predicted molar refractivity (Wildman–Crippen MR) is 67.1 cm³/mol. The number of rotatable bonds is 4. The Labute approximate surface area is 120 Å². The van der Waals surface area contributed by atoms with Crippen LogP contribution < -0.4 is 10.1 Å². The molecule has 1 N–H and O–H groups in total. The van der Waals surface area contributed by atoms with Crippen LogP contribution in [0.4, 0.5) is 22.4 Å². The molecule has 1 saturated heterocycles. The highest BCUT2D eigenvalue weighted by molar-refractivity contribution is 8.18. The SMILES string of the molecule is O=C1NC(=O)/C(=C/c2cccc(OC(F)(F)C(F)F)c2)S1. The molecule has 0 atom stereocenters. The normalized spacial score (nSPS) is 17.5. The van der Waals surface area contributed by atoms with E-state index in [1.807, 2.05) is 5.32 Å². The van der Waals surface area contributed by atoms with Crippen molar-refractivity contribution in [1.82, 2.24) is 5.32 Å². The molecule has 0 spiro atoms. The smallest absolute Gasteiger partial charge is 0.428 e. The van der Waals surface area contributed by atoms with Gasteiger partial charge in [0.15, 0.2) is 0 Å². The van der Waals surface area contributed by atoms with Crippen LogP contribution in [-0.2, 0) is 4.79 Å². The van der Waals surface area contributed by atoms with Crippen LogP contribution in [0, 0.1) is 0 Å². The fourth-order valence-electron chi connectivity index (χ4n) is 1.44. The Hall–Kier alpha value is -2.03. The number of thioether (sulfide) groups is 1. The monoisotopic (exact) mass is 321 g/mol. The summed E-state index contributed by atoms with van der Waals surface area (Å²) in [5, 5.41) is 1.47. The Balaban J connectivity index is 2.21. The van der Waals surface area contributed by atoms with E-state index < -0.39 is 29.4 Å². The second kappa shape index (κ2) is 5.76. The first kappa shape index (κ1) is 15.4. The number of amides is 2. The summed E-state index contributed by atoms with van der Waals surface area (Å²) in [6, 6.07) is 4.87. The van der Waals surface area contributed by atoms with Gasteiger partial charge in [-0.3, -0.25) is 14.9 Å². The third-order valence-electron chi connectivity index (χ3n) is 2.31. The van der Waals surface area contributed by atoms with E-state index in [0.717, 1.165) is 12.1 Å². The highest BCUT2D eigenvalue weighted by Gasteiger charge is 2.43.